The Morgan fingerprint density at radius 2 is 2.00 bits per heavy atom. The summed E-state index contributed by atoms with van der Waals surface area (Å²) in [6.07, 6.45) is 0.501. The summed E-state index contributed by atoms with van der Waals surface area (Å²) in [4.78, 5) is 11.5. The van der Waals surface area contributed by atoms with E-state index in [4.69, 9.17) is 14.2 Å². The maximum atomic E-state index is 11.5. The molecule has 0 saturated carbocycles. The highest BCUT2D eigenvalue weighted by molar-refractivity contribution is 5.71. The first kappa shape index (κ1) is 13.5. The molecule has 16 heavy (non-hydrogen) atoms. The Balaban J connectivity index is 2.47. The lowest BCUT2D eigenvalue weighted by Crippen LogP contribution is -2.34. The molecule has 1 aliphatic rings. The Morgan fingerprint density at radius 3 is 2.50 bits per heavy atom. The molecule has 0 spiro atoms. The van der Waals surface area contributed by atoms with Crippen LogP contribution in [0.3, 0.4) is 0 Å². The van der Waals surface area contributed by atoms with E-state index >= 15 is 0 Å². The van der Waals surface area contributed by atoms with Crippen LogP contribution in [-0.4, -0.2) is 32.1 Å². The average molecular weight is 230 g/mol. The summed E-state index contributed by atoms with van der Waals surface area (Å²) in [6, 6.07) is 0. The number of rotatable bonds is 5. The van der Waals surface area contributed by atoms with Gasteiger partial charge in [-0.3, -0.25) is 4.79 Å². The van der Waals surface area contributed by atoms with Crippen LogP contribution in [0.4, 0.5) is 0 Å². The molecule has 1 heterocycles. The van der Waals surface area contributed by atoms with Crippen molar-refractivity contribution in [1.82, 2.24) is 0 Å². The molecular weight excluding hydrogens is 208 g/mol. The van der Waals surface area contributed by atoms with E-state index in [2.05, 4.69) is 13.8 Å². The van der Waals surface area contributed by atoms with Crippen molar-refractivity contribution in [3.63, 3.8) is 0 Å². The van der Waals surface area contributed by atoms with Gasteiger partial charge in [-0.05, 0) is 13.3 Å². The van der Waals surface area contributed by atoms with E-state index in [0.717, 1.165) is 0 Å². The molecule has 1 rings (SSSR count). The predicted octanol–water partition coefficient (Wildman–Crippen LogP) is 1.97. The van der Waals surface area contributed by atoms with E-state index in [-0.39, 0.29) is 23.6 Å². The number of carbonyl (C=O) groups excluding carboxylic acids is 1. The van der Waals surface area contributed by atoms with Crippen LogP contribution in [0.15, 0.2) is 0 Å². The summed E-state index contributed by atoms with van der Waals surface area (Å²) in [5.41, 5.74) is -0.164. The lowest BCUT2D eigenvalue weighted by Gasteiger charge is -2.31. The van der Waals surface area contributed by atoms with Gasteiger partial charge in [-0.2, -0.15) is 0 Å². The van der Waals surface area contributed by atoms with Crippen LogP contribution >= 0.6 is 0 Å². The van der Waals surface area contributed by atoms with E-state index < -0.39 is 0 Å². The standard InChI is InChI=1S/C12H22O4/c1-5-14-10(13)9(2)8-12(3,4)11-15-6-7-16-11/h9,11H,5-8H2,1-4H3. The molecule has 0 N–H and O–H groups in total. The smallest absolute Gasteiger partial charge is 0.308 e. The van der Waals surface area contributed by atoms with Crippen LogP contribution in [0.1, 0.15) is 34.1 Å². The van der Waals surface area contributed by atoms with Gasteiger partial charge >= 0.3 is 5.97 Å². The summed E-state index contributed by atoms with van der Waals surface area (Å²) < 4.78 is 16.0. The second-order valence-electron chi connectivity index (χ2n) is 4.92. The third-order valence-corrected chi connectivity index (χ3v) is 2.78. The molecule has 0 aromatic rings. The fourth-order valence-electron chi connectivity index (χ4n) is 2.06. The minimum absolute atomic E-state index is 0.122. The molecule has 0 amide bonds. The van der Waals surface area contributed by atoms with Crippen LogP contribution in [0.5, 0.6) is 0 Å². The van der Waals surface area contributed by atoms with Gasteiger partial charge < -0.3 is 14.2 Å². The highest BCUT2D eigenvalue weighted by atomic mass is 16.7. The Labute approximate surface area is 97.2 Å². The maximum Gasteiger partial charge on any atom is 0.308 e. The number of ether oxygens (including phenoxy) is 3. The van der Waals surface area contributed by atoms with Gasteiger partial charge in [0.05, 0.1) is 25.7 Å². The van der Waals surface area contributed by atoms with Crippen molar-refractivity contribution in [1.29, 1.82) is 0 Å². The van der Waals surface area contributed by atoms with Crippen LogP contribution in [-0.2, 0) is 19.0 Å². The molecule has 1 atom stereocenters. The minimum atomic E-state index is -0.204. The van der Waals surface area contributed by atoms with Crippen molar-refractivity contribution in [2.45, 2.75) is 40.4 Å². The first-order valence-corrected chi connectivity index (χ1v) is 5.87. The van der Waals surface area contributed by atoms with Gasteiger partial charge in [0.25, 0.3) is 0 Å². The largest absolute Gasteiger partial charge is 0.466 e. The second kappa shape index (κ2) is 5.64. The fraction of sp³-hybridized carbons (Fsp3) is 0.917. The molecule has 1 saturated heterocycles. The molecule has 4 nitrogen and oxygen atoms in total. The molecular formula is C12H22O4. The summed E-state index contributed by atoms with van der Waals surface area (Å²) in [5.74, 6) is -0.267. The number of carbonyl (C=O) groups is 1. The van der Waals surface area contributed by atoms with Crippen molar-refractivity contribution in [3.05, 3.63) is 0 Å². The average Bonchev–Trinajstić information content (AvgIpc) is 2.70. The van der Waals surface area contributed by atoms with Crippen LogP contribution < -0.4 is 0 Å². The van der Waals surface area contributed by atoms with Gasteiger partial charge in [0.2, 0.25) is 0 Å². The Bertz CT molecular complexity index is 231. The van der Waals surface area contributed by atoms with Gasteiger partial charge in [0, 0.05) is 5.41 Å². The third-order valence-electron chi connectivity index (χ3n) is 2.78. The molecule has 0 aromatic carbocycles. The van der Waals surface area contributed by atoms with Gasteiger partial charge in [-0.15, -0.1) is 0 Å². The van der Waals surface area contributed by atoms with Gasteiger partial charge in [0.15, 0.2) is 6.29 Å². The Kier molecular flexibility index (Phi) is 4.74. The van der Waals surface area contributed by atoms with Crippen LogP contribution in [0.25, 0.3) is 0 Å². The minimum Gasteiger partial charge on any atom is -0.466 e. The SMILES string of the molecule is CCOC(=O)C(C)CC(C)(C)C1OCCO1. The molecule has 1 unspecified atom stereocenters. The monoisotopic (exact) mass is 230 g/mol. The first-order chi connectivity index (χ1) is 7.47. The first-order valence-electron chi connectivity index (χ1n) is 5.87. The normalized spacial score (nSPS) is 19.8. The van der Waals surface area contributed by atoms with E-state index in [1.54, 1.807) is 0 Å². The highest BCUT2D eigenvalue weighted by Gasteiger charge is 2.37. The molecule has 0 bridgehead atoms. The number of hydrogen-bond acceptors (Lipinski definition) is 4. The van der Waals surface area contributed by atoms with Crippen molar-refractivity contribution in [2.75, 3.05) is 19.8 Å². The van der Waals surface area contributed by atoms with Crippen molar-refractivity contribution in [3.8, 4) is 0 Å². The molecule has 0 aliphatic carbocycles. The number of hydrogen-bond donors (Lipinski definition) is 0. The lowest BCUT2D eigenvalue weighted by molar-refractivity contribution is -0.154. The highest BCUT2D eigenvalue weighted by Crippen LogP contribution is 2.34. The van der Waals surface area contributed by atoms with E-state index in [0.29, 0.717) is 26.2 Å². The maximum absolute atomic E-state index is 11.5. The Hall–Kier alpha value is -0.610. The zero-order chi connectivity index (χ0) is 12.2. The van der Waals surface area contributed by atoms with E-state index in [9.17, 15) is 4.79 Å². The molecule has 1 fully saturated rings. The molecule has 0 radical (unpaired) electrons. The van der Waals surface area contributed by atoms with Gasteiger partial charge in [-0.1, -0.05) is 20.8 Å². The van der Waals surface area contributed by atoms with Crippen LogP contribution in [0.2, 0.25) is 0 Å². The van der Waals surface area contributed by atoms with E-state index in [1.807, 2.05) is 13.8 Å². The molecule has 1 aliphatic heterocycles. The topological polar surface area (TPSA) is 44.8 Å². The van der Waals surface area contributed by atoms with Gasteiger partial charge in [-0.25, -0.2) is 0 Å². The third kappa shape index (κ3) is 3.46. The lowest BCUT2D eigenvalue weighted by atomic mass is 9.82. The quantitative estimate of drug-likeness (QED) is 0.677. The second-order valence-corrected chi connectivity index (χ2v) is 4.92. The predicted molar refractivity (Wildman–Crippen MR) is 59.9 cm³/mol. The summed E-state index contributed by atoms with van der Waals surface area (Å²) >= 11 is 0. The summed E-state index contributed by atoms with van der Waals surface area (Å²) in [7, 11) is 0. The molecule has 94 valence electrons. The van der Waals surface area contributed by atoms with Crippen molar-refractivity contribution in [2.24, 2.45) is 11.3 Å². The van der Waals surface area contributed by atoms with Crippen molar-refractivity contribution >= 4 is 5.97 Å². The van der Waals surface area contributed by atoms with Crippen LogP contribution in [0, 0.1) is 11.3 Å². The zero-order valence-corrected chi connectivity index (χ0v) is 10.6. The zero-order valence-electron chi connectivity index (χ0n) is 10.6. The van der Waals surface area contributed by atoms with Gasteiger partial charge in [0.1, 0.15) is 0 Å². The fourth-order valence-corrected chi connectivity index (χ4v) is 2.06. The Morgan fingerprint density at radius 1 is 1.44 bits per heavy atom. The number of esters is 1. The molecule has 0 aromatic heterocycles. The van der Waals surface area contributed by atoms with Crippen molar-refractivity contribution < 1.29 is 19.0 Å². The molecule has 4 heteroatoms. The summed E-state index contributed by atoms with van der Waals surface area (Å²) in [6.45, 7) is 9.52. The van der Waals surface area contributed by atoms with E-state index in [1.165, 1.54) is 0 Å². The summed E-state index contributed by atoms with van der Waals surface area (Å²) in [5, 5.41) is 0.